The number of aliphatic hydroxyl groups is 1. The molecule has 0 aromatic carbocycles. The molecule has 3 unspecified atom stereocenters. The first-order chi connectivity index (χ1) is 14.3. The molecular weight excluding hydrogens is 431 g/mol. The summed E-state index contributed by atoms with van der Waals surface area (Å²) in [6.07, 6.45) is -0.163. The van der Waals surface area contributed by atoms with Crippen LogP contribution in [0.25, 0.3) is 0 Å². The third-order valence-electron chi connectivity index (χ3n) is 5.49. The Morgan fingerprint density at radius 2 is 2.00 bits per heavy atom. The highest BCUT2D eigenvalue weighted by Gasteiger charge is 2.57. The van der Waals surface area contributed by atoms with E-state index in [0.717, 1.165) is 0 Å². The van der Waals surface area contributed by atoms with Crippen LogP contribution >= 0.6 is 7.60 Å². The van der Waals surface area contributed by atoms with E-state index in [1.807, 2.05) is 6.92 Å². The minimum absolute atomic E-state index is 0.160. The zero-order valence-electron chi connectivity index (χ0n) is 18.3. The van der Waals surface area contributed by atoms with Crippen LogP contribution in [0, 0.1) is 0 Å². The fraction of sp³-hybridized carbons (Fsp3) is 0.789. The predicted molar refractivity (Wildman–Crippen MR) is 110 cm³/mol. The number of aromatic amines is 1. The van der Waals surface area contributed by atoms with Gasteiger partial charge in [0.15, 0.2) is 17.9 Å². The van der Waals surface area contributed by atoms with E-state index >= 15 is 0 Å². The molecule has 7 atom stereocenters. The van der Waals surface area contributed by atoms with E-state index in [2.05, 4.69) is 4.98 Å². The van der Waals surface area contributed by atoms with Crippen molar-refractivity contribution in [2.75, 3.05) is 0 Å². The van der Waals surface area contributed by atoms with Crippen molar-refractivity contribution in [1.29, 1.82) is 0 Å². The molecule has 11 nitrogen and oxygen atoms in total. The highest BCUT2D eigenvalue weighted by molar-refractivity contribution is 7.53. The summed E-state index contributed by atoms with van der Waals surface area (Å²) >= 11 is 0. The monoisotopic (exact) mass is 462 g/mol. The molecule has 176 valence electrons. The Kier molecular flexibility index (Phi) is 6.71. The summed E-state index contributed by atoms with van der Waals surface area (Å²) in [6, 6.07) is 1.21. The molecule has 31 heavy (non-hydrogen) atoms. The molecule has 1 aromatic heterocycles. The molecule has 0 radical (unpaired) electrons. The molecular formula is C19H31N2O9P. The Balaban J connectivity index is 1.91. The highest BCUT2D eigenvalue weighted by atomic mass is 31.2. The van der Waals surface area contributed by atoms with Gasteiger partial charge in [0, 0.05) is 18.7 Å². The SMILES string of the molecule is CCCC(C)(C[C@H]1O[C@@H](n2ccc(=O)[nH]c2=O)[C@@H]2OC(C)(C)O[C@@H]21)OP(=O)(O)C(C)O. The van der Waals surface area contributed by atoms with E-state index in [1.54, 1.807) is 20.8 Å². The zero-order valence-corrected chi connectivity index (χ0v) is 19.2. The van der Waals surface area contributed by atoms with E-state index in [9.17, 15) is 24.2 Å². The number of rotatable bonds is 8. The number of aliphatic hydroxyl groups excluding tert-OH is 1. The third kappa shape index (κ3) is 5.19. The van der Waals surface area contributed by atoms with Gasteiger partial charge in [0.25, 0.3) is 5.56 Å². The lowest BCUT2D eigenvalue weighted by molar-refractivity contribution is -0.202. The lowest BCUT2D eigenvalue weighted by atomic mass is 9.91. The molecule has 3 heterocycles. The van der Waals surface area contributed by atoms with Gasteiger partial charge in [0.05, 0.1) is 11.7 Å². The van der Waals surface area contributed by atoms with Crippen LogP contribution in [0.15, 0.2) is 21.9 Å². The van der Waals surface area contributed by atoms with Crippen LogP contribution < -0.4 is 11.2 Å². The van der Waals surface area contributed by atoms with Gasteiger partial charge in [-0.15, -0.1) is 0 Å². The van der Waals surface area contributed by atoms with Gasteiger partial charge in [-0.05, 0) is 34.1 Å². The van der Waals surface area contributed by atoms with Crippen LogP contribution in [-0.2, 0) is 23.3 Å². The molecule has 0 saturated carbocycles. The first kappa shape index (κ1) is 24.3. The Morgan fingerprint density at radius 3 is 2.58 bits per heavy atom. The van der Waals surface area contributed by atoms with Crippen molar-refractivity contribution >= 4 is 7.60 Å². The predicted octanol–water partition coefficient (Wildman–Crippen LogP) is 1.44. The van der Waals surface area contributed by atoms with Gasteiger partial charge < -0.3 is 28.7 Å². The Morgan fingerprint density at radius 1 is 1.35 bits per heavy atom. The quantitative estimate of drug-likeness (QED) is 0.488. The van der Waals surface area contributed by atoms with Crippen LogP contribution in [0.1, 0.15) is 60.1 Å². The van der Waals surface area contributed by atoms with Crippen molar-refractivity contribution in [2.24, 2.45) is 0 Å². The lowest BCUT2D eigenvalue weighted by Crippen LogP contribution is -2.39. The van der Waals surface area contributed by atoms with E-state index in [4.69, 9.17) is 18.7 Å². The van der Waals surface area contributed by atoms with Crippen molar-refractivity contribution in [3.05, 3.63) is 33.1 Å². The number of hydrogen-bond donors (Lipinski definition) is 3. The van der Waals surface area contributed by atoms with Gasteiger partial charge in [0.2, 0.25) is 0 Å². The maximum atomic E-state index is 12.4. The molecule has 2 fully saturated rings. The summed E-state index contributed by atoms with van der Waals surface area (Å²) in [7, 11) is -4.28. The lowest BCUT2D eigenvalue weighted by Gasteiger charge is -2.35. The molecule has 1 aromatic rings. The van der Waals surface area contributed by atoms with Gasteiger partial charge in [-0.3, -0.25) is 18.9 Å². The molecule has 0 spiro atoms. The highest BCUT2D eigenvalue weighted by Crippen LogP contribution is 2.53. The summed E-state index contributed by atoms with van der Waals surface area (Å²) in [5.41, 5.74) is -2.28. The van der Waals surface area contributed by atoms with Crippen LogP contribution in [0.5, 0.6) is 0 Å². The number of nitrogens with zero attached hydrogens (tertiary/aromatic N) is 1. The largest absolute Gasteiger partial charge is 0.381 e. The van der Waals surface area contributed by atoms with Gasteiger partial charge in [-0.1, -0.05) is 13.3 Å². The molecule has 0 bridgehead atoms. The summed E-state index contributed by atoms with van der Waals surface area (Å²) in [4.78, 5) is 36.1. The minimum atomic E-state index is -4.28. The fourth-order valence-electron chi connectivity index (χ4n) is 4.21. The van der Waals surface area contributed by atoms with E-state index in [1.165, 1.54) is 23.8 Å². The summed E-state index contributed by atoms with van der Waals surface area (Å²) < 4.78 is 37.3. The number of hydrogen-bond acceptors (Lipinski definition) is 8. The molecule has 3 rings (SSSR count). The number of nitrogens with one attached hydrogen (secondary N) is 1. The fourth-order valence-corrected chi connectivity index (χ4v) is 5.16. The second-order valence-electron chi connectivity index (χ2n) is 8.84. The maximum absolute atomic E-state index is 12.4. The van der Waals surface area contributed by atoms with Gasteiger partial charge in [-0.2, -0.15) is 0 Å². The number of ether oxygens (including phenoxy) is 3. The van der Waals surface area contributed by atoms with Crippen LogP contribution in [0.4, 0.5) is 0 Å². The van der Waals surface area contributed by atoms with Crippen molar-refractivity contribution < 1.29 is 33.3 Å². The normalized spacial score (nSPS) is 32.2. The maximum Gasteiger partial charge on any atom is 0.356 e. The number of H-pyrrole nitrogens is 1. The second kappa shape index (κ2) is 8.55. The average molecular weight is 462 g/mol. The molecule has 3 N–H and O–H groups in total. The molecule has 0 amide bonds. The number of aromatic nitrogens is 2. The third-order valence-corrected chi connectivity index (χ3v) is 7.13. The average Bonchev–Trinajstić information content (AvgIpc) is 3.08. The van der Waals surface area contributed by atoms with Gasteiger partial charge >= 0.3 is 13.3 Å². The topological polar surface area (TPSA) is 149 Å². The van der Waals surface area contributed by atoms with Crippen LogP contribution in [0.3, 0.4) is 0 Å². The van der Waals surface area contributed by atoms with Crippen molar-refractivity contribution in [2.45, 2.75) is 95.7 Å². The summed E-state index contributed by atoms with van der Waals surface area (Å²) in [5, 5.41) is 9.65. The first-order valence-electron chi connectivity index (χ1n) is 10.3. The molecule has 2 aliphatic rings. The van der Waals surface area contributed by atoms with Crippen LogP contribution in [0.2, 0.25) is 0 Å². The summed E-state index contributed by atoms with van der Waals surface area (Å²) in [6.45, 7) is 8.27. The Bertz CT molecular complexity index is 958. The molecule has 2 saturated heterocycles. The van der Waals surface area contributed by atoms with Crippen molar-refractivity contribution in [3.8, 4) is 0 Å². The first-order valence-corrected chi connectivity index (χ1v) is 12.0. The second-order valence-corrected chi connectivity index (χ2v) is 10.9. The van der Waals surface area contributed by atoms with E-state index < -0.39 is 60.6 Å². The van der Waals surface area contributed by atoms with Gasteiger partial charge in [-0.25, -0.2) is 4.79 Å². The Hall–Kier alpha value is -1.33. The molecule has 2 aliphatic heterocycles. The molecule has 12 heteroatoms. The van der Waals surface area contributed by atoms with E-state index in [-0.39, 0.29) is 6.42 Å². The molecule has 0 aliphatic carbocycles. The van der Waals surface area contributed by atoms with Gasteiger partial charge in [0.1, 0.15) is 12.2 Å². The standard InChI is InChI=1S/C19H31N2O9P/c1-6-8-19(5,30-31(25,26)11(2)22)10-12-14-15(29-18(3,4)28-14)16(27-12)21-9-7-13(23)20-17(21)24/h7,9,11-12,14-16,22H,6,8,10H2,1-5H3,(H,25,26)(H,20,23,24)/t11?,12-,14-,15-,16-,19?/m1/s1. The van der Waals surface area contributed by atoms with Crippen LogP contribution in [-0.4, -0.2) is 55.1 Å². The van der Waals surface area contributed by atoms with E-state index in [0.29, 0.717) is 12.8 Å². The zero-order chi connectivity index (χ0) is 23.2. The smallest absolute Gasteiger partial charge is 0.356 e. The summed E-state index contributed by atoms with van der Waals surface area (Å²) in [5.74, 6) is -2.48. The van der Waals surface area contributed by atoms with Crippen molar-refractivity contribution in [1.82, 2.24) is 9.55 Å². The minimum Gasteiger partial charge on any atom is -0.381 e. The number of fused-ring (bicyclic) bond motifs is 1. The van der Waals surface area contributed by atoms with Crippen molar-refractivity contribution in [3.63, 3.8) is 0 Å². The Labute approximate surface area is 179 Å².